The molecule has 0 aromatic heterocycles. The summed E-state index contributed by atoms with van der Waals surface area (Å²) < 4.78 is 0. The Morgan fingerprint density at radius 3 is 3.10 bits per heavy atom. The Morgan fingerprint density at radius 2 is 2.30 bits per heavy atom. The number of hydrogen-bond acceptors (Lipinski definition) is 2. The molecule has 0 radical (unpaired) electrons. The van der Waals surface area contributed by atoms with Gasteiger partial charge in [0.25, 0.3) is 0 Å². The van der Waals surface area contributed by atoms with Gasteiger partial charge in [-0.05, 0) is 19.4 Å². The molecule has 56 valence electrons. The third-order valence-electron chi connectivity index (χ3n) is 2.64. The molecule has 0 aliphatic carbocycles. The molecule has 0 saturated carbocycles. The van der Waals surface area contributed by atoms with Crippen molar-refractivity contribution in [2.24, 2.45) is 5.92 Å². The van der Waals surface area contributed by atoms with E-state index in [1.54, 1.807) is 0 Å². The second-order valence-electron chi connectivity index (χ2n) is 3.36. The van der Waals surface area contributed by atoms with Crippen LogP contribution < -0.4 is 0 Å². The van der Waals surface area contributed by atoms with E-state index in [4.69, 9.17) is 0 Å². The molecule has 2 saturated heterocycles. The van der Waals surface area contributed by atoms with Crippen molar-refractivity contribution in [3.8, 4) is 0 Å². The van der Waals surface area contributed by atoms with Crippen molar-refractivity contribution in [1.82, 2.24) is 4.90 Å². The fourth-order valence-corrected chi connectivity index (χ4v) is 1.99. The predicted octanol–water partition coefficient (Wildman–Crippen LogP) is 0.671. The molecule has 0 aromatic rings. The van der Waals surface area contributed by atoms with Gasteiger partial charge in [0.1, 0.15) is 5.78 Å². The summed E-state index contributed by atoms with van der Waals surface area (Å²) in [6.45, 7) is 3.30. The maximum atomic E-state index is 11.2. The van der Waals surface area contributed by atoms with Crippen LogP contribution in [0.15, 0.2) is 0 Å². The van der Waals surface area contributed by atoms with Crippen LogP contribution in [0.3, 0.4) is 0 Å². The molecular weight excluding hydrogens is 126 g/mol. The van der Waals surface area contributed by atoms with E-state index in [0.717, 1.165) is 25.9 Å². The summed E-state index contributed by atoms with van der Waals surface area (Å²) in [5.41, 5.74) is 0. The Morgan fingerprint density at radius 1 is 1.40 bits per heavy atom. The standard InChI is InChI=1S/C8H13NO/c10-8-3-5-9-4-1-2-7(8)6-9/h7H,1-6H2/t7-/m1/s1. The number of rotatable bonds is 0. The lowest BCUT2D eigenvalue weighted by molar-refractivity contribution is -0.127. The third kappa shape index (κ3) is 0.966. The molecule has 0 N–H and O–H groups in total. The lowest BCUT2D eigenvalue weighted by atomic mass is 9.88. The second kappa shape index (κ2) is 2.35. The van der Waals surface area contributed by atoms with Gasteiger partial charge in [-0.3, -0.25) is 4.79 Å². The first-order valence-electron chi connectivity index (χ1n) is 4.11. The van der Waals surface area contributed by atoms with Crippen LogP contribution in [0.4, 0.5) is 0 Å². The Labute approximate surface area is 61.2 Å². The fraction of sp³-hybridized carbons (Fsp3) is 0.875. The van der Waals surface area contributed by atoms with E-state index >= 15 is 0 Å². The number of Topliss-reactive ketones (excluding diaryl/α,β-unsaturated/α-hetero) is 1. The summed E-state index contributed by atoms with van der Waals surface area (Å²) in [4.78, 5) is 13.6. The van der Waals surface area contributed by atoms with E-state index < -0.39 is 0 Å². The van der Waals surface area contributed by atoms with Crippen molar-refractivity contribution in [1.29, 1.82) is 0 Å². The molecule has 0 aromatic carbocycles. The first kappa shape index (κ1) is 6.35. The number of hydrogen-bond donors (Lipinski definition) is 0. The van der Waals surface area contributed by atoms with Gasteiger partial charge in [0, 0.05) is 25.4 Å². The van der Waals surface area contributed by atoms with Crippen LogP contribution >= 0.6 is 0 Å². The Bertz CT molecular complexity index is 155. The topological polar surface area (TPSA) is 20.3 Å². The Hall–Kier alpha value is -0.370. The number of carbonyl (C=O) groups is 1. The van der Waals surface area contributed by atoms with Gasteiger partial charge in [0.05, 0.1) is 0 Å². The van der Waals surface area contributed by atoms with Crippen LogP contribution in [0.2, 0.25) is 0 Å². The van der Waals surface area contributed by atoms with E-state index in [9.17, 15) is 4.79 Å². The molecule has 2 heterocycles. The highest BCUT2D eigenvalue weighted by Crippen LogP contribution is 2.22. The van der Waals surface area contributed by atoms with E-state index in [1.165, 1.54) is 13.0 Å². The number of piperidine rings is 2. The highest BCUT2D eigenvalue weighted by Gasteiger charge is 2.29. The van der Waals surface area contributed by atoms with Crippen molar-refractivity contribution in [2.75, 3.05) is 19.6 Å². The zero-order valence-corrected chi connectivity index (χ0v) is 6.18. The molecule has 10 heavy (non-hydrogen) atoms. The highest BCUT2D eigenvalue weighted by molar-refractivity contribution is 5.82. The highest BCUT2D eigenvalue weighted by atomic mass is 16.1. The van der Waals surface area contributed by atoms with E-state index in [0.29, 0.717) is 11.7 Å². The van der Waals surface area contributed by atoms with Gasteiger partial charge in [0.15, 0.2) is 0 Å². The summed E-state index contributed by atoms with van der Waals surface area (Å²) in [6, 6.07) is 0. The molecule has 1 unspecified atom stereocenters. The van der Waals surface area contributed by atoms with Crippen molar-refractivity contribution in [3.63, 3.8) is 0 Å². The van der Waals surface area contributed by atoms with Crippen molar-refractivity contribution < 1.29 is 4.79 Å². The Kier molecular flexibility index (Phi) is 1.49. The lowest BCUT2D eigenvalue weighted by Crippen LogP contribution is -2.44. The molecule has 2 aliphatic rings. The molecule has 2 bridgehead atoms. The number of ketones is 1. The van der Waals surface area contributed by atoms with Gasteiger partial charge in [-0.15, -0.1) is 0 Å². The largest absolute Gasteiger partial charge is 0.302 e. The minimum Gasteiger partial charge on any atom is -0.302 e. The molecule has 0 spiro atoms. The quantitative estimate of drug-likeness (QED) is 0.491. The van der Waals surface area contributed by atoms with Gasteiger partial charge >= 0.3 is 0 Å². The number of carbonyl (C=O) groups excluding carboxylic acids is 1. The van der Waals surface area contributed by atoms with Gasteiger partial charge in [-0.1, -0.05) is 0 Å². The predicted molar refractivity (Wildman–Crippen MR) is 38.8 cm³/mol. The molecule has 2 heteroatoms. The van der Waals surface area contributed by atoms with Gasteiger partial charge < -0.3 is 4.90 Å². The normalized spacial score (nSPS) is 39.8. The molecule has 2 atom stereocenters. The van der Waals surface area contributed by atoms with Gasteiger partial charge in [0.2, 0.25) is 0 Å². The first-order chi connectivity index (χ1) is 4.86. The molecule has 2 rings (SSSR count). The fourth-order valence-electron chi connectivity index (χ4n) is 1.99. The summed E-state index contributed by atoms with van der Waals surface area (Å²) in [5, 5.41) is 0. The van der Waals surface area contributed by atoms with Crippen LogP contribution in [-0.2, 0) is 4.79 Å². The van der Waals surface area contributed by atoms with E-state index in [2.05, 4.69) is 4.90 Å². The average molecular weight is 139 g/mol. The monoisotopic (exact) mass is 139 g/mol. The van der Waals surface area contributed by atoms with E-state index in [-0.39, 0.29) is 0 Å². The van der Waals surface area contributed by atoms with Crippen LogP contribution in [0, 0.1) is 5.92 Å². The van der Waals surface area contributed by atoms with E-state index in [1.807, 2.05) is 0 Å². The summed E-state index contributed by atoms with van der Waals surface area (Å²) in [7, 11) is 0. The van der Waals surface area contributed by atoms with Crippen LogP contribution in [0.5, 0.6) is 0 Å². The zero-order chi connectivity index (χ0) is 6.97. The summed E-state index contributed by atoms with van der Waals surface area (Å²) in [5.74, 6) is 0.915. The summed E-state index contributed by atoms with van der Waals surface area (Å²) in [6.07, 6.45) is 3.19. The third-order valence-corrected chi connectivity index (χ3v) is 2.64. The molecule has 2 nitrogen and oxygen atoms in total. The maximum absolute atomic E-state index is 11.2. The lowest BCUT2D eigenvalue weighted by Gasteiger charge is -2.36. The minimum atomic E-state index is 0.405. The maximum Gasteiger partial charge on any atom is 0.138 e. The minimum absolute atomic E-state index is 0.405. The van der Waals surface area contributed by atoms with Crippen molar-refractivity contribution in [3.05, 3.63) is 0 Å². The van der Waals surface area contributed by atoms with Crippen molar-refractivity contribution >= 4 is 5.78 Å². The van der Waals surface area contributed by atoms with Crippen molar-refractivity contribution in [2.45, 2.75) is 19.3 Å². The average Bonchev–Trinajstić information content (AvgIpc) is 1.99. The van der Waals surface area contributed by atoms with Gasteiger partial charge in [-0.2, -0.15) is 0 Å². The number of fused-ring (bicyclic) bond motifs is 2. The van der Waals surface area contributed by atoms with Crippen LogP contribution in [0.25, 0.3) is 0 Å². The zero-order valence-electron chi connectivity index (χ0n) is 6.18. The van der Waals surface area contributed by atoms with Crippen LogP contribution in [-0.4, -0.2) is 30.3 Å². The molecule has 2 aliphatic heterocycles. The first-order valence-corrected chi connectivity index (χ1v) is 4.11. The Balaban J connectivity index is 2.07. The summed E-state index contributed by atoms with van der Waals surface area (Å²) >= 11 is 0. The smallest absolute Gasteiger partial charge is 0.138 e. The molecule has 0 amide bonds. The van der Waals surface area contributed by atoms with Crippen LogP contribution in [0.1, 0.15) is 19.3 Å². The number of nitrogens with zero attached hydrogens (tertiary/aromatic N) is 1. The second-order valence-corrected chi connectivity index (χ2v) is 3.36. The van der Waals surface area contributed by atoms with Gasteiger partial charge in [-0.25, -0.2) is 0 Å². The molecule has 2 fully saturated rings. The SMILES string of the molecule is O=C1CCN2CCC[C@@H]1C2. The molecular formula is C8H13NO.